The van der Waals surface area contributed by atoms with Gasteiger partial charge in [0.15, 0.2) is 0 Å². The van der Waals surface area contributed by atoms with Crippen molar-refractivity contribution in [3.63, 3.8) is 0 Å². The fourth-order valence-electron chi connectivity index (χ4n) is 1.99. The minimum atomic E-state index is -0.919. The van der Waals surface area contributed by atoms with E-state index in [0.717, 1.165) is 35.8 Å². The van der Waals surface area contributed by atoms with Gasteiger partial charge in [0.25, 0.3) is 0 Å². The first-order valence-electron chi connectivity index (χ1n) is 6.75. The molecule has 106 valence electrons. The highest BCUT2D eigenvalue weighted by Crippen LogP contribution is 2.27. The molecule has 1 unspecified atom stereocenters. The van der Waals surface area contributed by atoms with Crippen LogP contribution in [-0.4, -0.2) is 16.6 Å². The van der Waals surface area contributed by atoms with Gasteiger partial charge in [0.05, 0.1) is 0 Å². The first kappa shape index (κ1) is 16.0. The number of carbonyl (C=O) groups is 1. The maximum absolute atomic E-state index is 11.5. The average Bonchev–Trinajstić information content (AvgIpc) is 2.37. The lowest BCUT2D eigenvalue weighted by molar-refractivity contribution is -0.142. The van der Waals surface area contributed by atoms with Crippen molar-refractivity contribution >= 4 is 27.6 Å². The number of halogens is 1. The lowest BCUT2D eigenvalue weighted by atomic mass is 9.93. The molecule has 4 heteroatoms. The standard InChI is InChI=1S/C15H22BrNO2/c1-3-4-5-8-11-15(2,14(18)19)17-13-10-7-6-9-12(13)16/h6-7,9-10,17H,3-5,8,11H2,1-2H3,(H,18,19). The minimum absolute atomic E-state index is 0.629. The van der Waals surface area contributed by atoms with E-state index in [4.69, 9.17) is 0 Å². The molecular weight excluding hydrogens is 306 g/mol. The van der Waals surface area contributed by atoms with Crippen LogP contribution in [0.25, 0.3) is 0 Å². The van der Waals surface area contributed by atoms with Crippen LogP contribution in [0.5, 0.6) is 0 Å². The Morgan fingerprint density at radius 2 is 2.00 bits per heavy atom. The monoisotopic (exact) mass is 327 g/mol. The van der Waals surface area contributed by atoms with Gasteiger partial charge in [0.2, 0.25) is 0 Å². The molecule has 0 aliphatic carbocycles. The number of benzene rings is 1. The highest BCUT2D eigenvalue weighted by atomic mass is 79.9. The molecule has 0 saturated carbocycles. The van der Waals surface area contributed by atoms with Crippen molar-refractivity contribution in [1.29, 1.82) is 0 Å². The molecule has 0 amide bonds. The zero-order chi connectivity index (χ0) is 14.3. The van der Waals surface area contributed by atoms with Gasteiger partial charge >= 0.3 is 5.97 Å². The Hall–Kier alpha value is -1.03. The topological polar surface area (TPSA) is 49.3 Å². The summed E-state index contributed by atoms with van der Waals surface area (Å²) < 4.78 is 0.885. The van der Waals surface area contributed by atoms with Crippen molar-refractivity contribution in [2.75, 3.05) is 5.32 Å². The predicted molar refractivity (Wildman–Crippen MR) is 82.6 cm³/mol. The molecule has 0 aliphatic rings. The third-order valence-electron chi connectivity index (χ3n) is 3.29. The molecule has 1 aromatic carbocycles. The van der Waals surface area contributed by atoms with Gasteiger partial charge in [-0.3, -0.25) is 0 Å². The number of hydrogen-bond donors (Lipinski definition) is 2. The summed E-state index contributed by atoms with van der Waals surface area (Å²) >= 11 is 3.44. The minimum Gasteiger partial charge on any atom is -0.480 e. The third kappa shape index (κ3) is 4.86. The Kier molecular flexibility index (Phi) is 6.35. The Balaban J connectivity index is 2.71. The lowest BCUT2D eigenvalue weighted by Crippen LogP contribution is -2.43. The van der Waals surface area contributed by atoms with E-state index >= 15 is 0 Å². The molecule has 0 spiro atoms. The summed E-state index contributed by atoms with van der Waals surface area (Å²) in [7, 11) is 0. The van der Waals surface area contributed by atoms with Crippen LogP contribution in [0.1, 0.15) is 46.0 Å². The van der Waals surface area contributed by atoms with Crippen molar-refractivity contribution in [2.24, 2.45) is 0 Å². The zero-order valence-electron chi connectivity index (χ0n) is 11.6. The van der Waals surface area contributed by atoms with E-state index in [9.17, 15) is 9.90 Å². The Bertz CT molecular complexity index is 422. The first-order valence-corrected chi connectivity index (χ1v) is 7.55. The largest absolute Gasteiger partial charge is 0.480 e. The predicted octanol–water partition coefficient (Wildman–Crippen LogP) is 4.67. The van der Waals surface area contributed by atoms with E-state index in [1.807, 2.05) is 24.3 Å². The molecule has 1 aromatic rings. The van der Waals surface area contributed by atoms with Gasteiger partial charge < -0.3 is 10.4 Å². The number of carboxylic acid groups (broad SMARTS) is 1. The van der Waals surface area contributed by atoms with Crippen molar-refractivity contribution < 1.29 is 9.90 Å². The van der Waals surface area contributed by atoms with E-state index in [2.05, 4.69) is 28.2 Å². The fourth-order valence-corrected chi connectivity index (χ4v) is 2.37. The number of aliphatic carboxylic acids is 1. The van der Waals surface area contributed by atoms with Crippen molar-refractivity contribution in [3.05, 3.63) is 28.7 Å². The van der Waals surface area contributed by atoms with Gasteiger partial charge in [-0.1, -0.05) is 44.7 Å². The average molecular weight is 328 g/mol. The Morgan fingerprint density at radius 3 is 2.58 bits per heavy atom. The molecule has 0 aromatic heterocycles. The Labute approximate surface area is 123 Å². The van der Waals surface area contributed by atoms with E-state index in [0.29, 0.717) is 6.42 Å². The molecule has 0 aliphatic heterocycles. The summed E-state index contributed by atoms with van der Waals surface area (Å²) in [5.41, 5.74) is -0.0969. The quantitative estimate of drug-likeness (QED) is 0.682. The van der Waals surface area contributed by atoms with Crippen LogP contribution in [0.3, 0.4) is 0 Å². The molecule has 0 fully saturated rings. The molecule has 0 radical (unpaired) electrons. The van der Waals surface area contributed by atoms with E-state index < -0.39 is 11.5 Å². The lowest BCUT2D eigenvalue weighted by Gasteiger charge is -2.28. The van der Waals surface area contributed by atoms with Crippen LogP contribution in [-0.2, 0) is 4.79 Å². The van der Waals surface area contributed by atoms with Crippen LogP contribution in [0.2, 0.25) is 0 Å². The summed E-state index contributed by atoms with van der Waals surface area (Å²) in [6.45, 7) is 3.90. The van der Waals surface area contributed by atoms with Crippen molar-refractivity contribution in [2.45, 2.75) is 51.5 Å². The number of anilines is 1. The SMILES string of the molecule is CCCCCCC(C)(Nc1ccccc1Br)C(=O)O. The highest BCUT2D eigenvalue weighted by Gasteiger charge is 2.32. The molecule has 2 N–H and O–H groups in total. The number of carboxylic acids is 1. The molecule has 1 rings (SSSR count). The molecule has 3 nitrogen and oxygen atoms in total. The van der Waals surface area contributed by atoms with Gasteiger partial charge in [-0.05, 0) is 41.4 Å². The second-order valence-electron chi connectivity index (χ2n) is 5.05. The molecule has 1 atom stereocenters. The summed E-state index contributed by atoms with van der Waals surface area (Å²) in [6.07, 6.45) is 4.95. The van der Waals surface area contributed by atoms with Crippen LogP contribution in [0.4, 0.5) is 5.69 Å². The third-order valence-corrected chi connectivity index (χ3v) is 3.98. The number of unbranched alkanes of at least 4 members (excludes halogenated alkanes) is 3. The molecule has 0 bridgehead atoms. The van der Waals surface area contributed by atoms with Crippen LogP contribution in [0, 0.1) is 0 Å². The van der Waals surface area contributed by atoms with Crippen molar-refractivity contribution in [1.82, 2.24) is 0 Å². The normalized spacial score (nSPS) is 13.8. The number of hydrogen-bond acceptors (Lipinski definition) is 2. The van der Waals surface area contributed by atoms with E-state index in [1.54, 1.807) is 6.92 Å². The second-order valence-corrected chi connectivity index (χ2v) is 5.91. The second kappa shape index (κ2) is 7.53. The summed E-state index contributed by atoms with van der Waals surface area (Å²) in [4.78, 5) is 11.5. The first-order chi connectivity index (χ1) is 8.99. The van der Waals surface area contributed by atoms with Crippen molar-refractivity contribution in [3.8, 4) is 0 Å². The number of rotatable bonds is 8. The molecular formula is C15H22BrNO2. The molecule has 0 heterocycles. The zero-order valence-corrected chi connectivity index (χ0v) is 13.2. The molecule has 19 heavy (non-hydrogen) atoms. The molecule has 0 saturated heterocycles. The number of para-hydroxylation sites is 1. The van der Waals surface area contributed by atoms with Gasteiger partial charge in [-0.25, -0.2) is 4.79 Å². The summed E-state index contributed by atoms with van der Waals surface area (Å²) in [5, 5.41) is 12.6. The smallest absolute Gasteiger partial charge is 0.329 e. The van der Waals surface area contributed by atoms with Gasteiger partial charge in [0, 0.05) is 10.2 Å². The van der Waals surface area contributed by atoms with Gasteiger partial charge in [-0.2, -0.15) is 0 Å². The highest BCUT2D eigenvalue weighted by molar-refractivity contribution is 9.10. The maximum atomic E-state index is 11.5. The van der Waals surface area contributed by atoms with E-state index in [1.165, 1.54) is 0 Å². The summed E-state index contributed by atoms with van der Waals surface area (Å²) in [6, 6.07) is 7.60. The van der Waals surface area contributed by atoms with Crippen LogP contribution in [0.15, 0.2) is 28.7 Å². The fraction of sp³-hybridized carbons (Fsp3) is 0.533. The van der Waals surface area contributed by atoms with Gasteiger partial charge in [-0.15, -0.1) is 0 Å². The van der Waals surface area contributed by atoms with E-state index in [-0.39, 0.29) is 0 Å². The van der Waals surface area contributed by atoms with Gasteiger partial charge in [0.1, 0.15) is 5.54 Å². The van der Waals surface area contributed by atoms with Crippen LogP contribution >= 0.6 is 15.9 Å². The number of nitrogens with one attached hydrogen (secondary N) is 1. The summed E-state index contributed by atoms with van der Waals surface area (Å²) in [5.74, 6) is -0.806. The maximum Gasteiger partial charge on any atom is 0.329 e. The Morgan fingerprint density at radius 1 is 1.32 bits per heavy atom. The van der Waals surface area contributed by atoms with Crippen LogP contribution < -0.4 is 5.32 Å².